The zero-order chi connectivity index (χ0) is 19.5. The van der Waals surface area contributed by atoms with E-state index in [4.69, 9.17) is 5.73 Å². The lowest BCUT2D eigenvalue weighted by Gasteiger charge is -2.36. The predicted molar refractivity (Wildman–Crippen MR) is 91.4 cm³/mol. The van der Waals surface area contributed by atoms with E-state index in [0.29, 0.717) is 13.1 Å². The second kappa shape index (κ2) is 8.07. The van der Waals surface area contributed by atoms with E-state index in [0.717, 1.165) is 18.6 Å². The fourth-order valence-corrected chi connectivity index (χ4v) is 2.85. The summed E-state index contributed by atoms with van der Waals surface area (Å²) in [5.74, 6) is -0.549. The molecule has 0 aliphatic carbocycles. The lowest BCUT2D eigenvalue weighted by Crippen LogP contribution is -2.55. The molecule has 26 heavy (non-hydrogen) atoms. The molecule has 1 aliphatic rings. The van der Waals surface area contributed by atoms with E-state index in [2.05, 4.69) is 0 Å². The maximum absolute atomic E-state index is 12.8. The molecule has 1 heterocycles. The van der Waals surface area contributed by atoms with Crippen molar-refractivity contribution in [3.05, 3.63) is 35.4 Å². The molecule has 2 amide bonds. The van der Waals surface area contributed by atoms with Crippen LogP contribution in [0.1, 0.15) is 36.2 Å². The van der Waals surface area contributed by atoms with Gasteiger partial charge in [-0.2, -0.15) is 13.2 Å². The molecule has 1 aliphatic heterocycles. The fourth-order valence-electron chi connectivity index (χ4n) is 2.85. The smallest absolute Gasteiger partial charge is 0.338 e. The van der Waals surface area contributed by atoms with Crippen molar-refractivity contribution < 1.29 is 22.8 Å². The van der Waals surface area contributed by atoms with Crippen LogP contribution >= 0.6 is 0 Å². The first kappa shape index (κ1) is 20.2. The Morgan fingerprint density at radius 3 is 2.27 bits per heavy atom. The highest BCUT2D eigenvalue weighted by Gasteiger charge is 2.32. The zero-order valence-electron chi connectivity index (χ0n) is 14.9. The first-order valence-corrected chi connectivity index (χ1v) is 8.66. The van der Waals surface area contributed by atoms with Crippen molar-refractivity contribution in [2.45, 2.75) is 32.5 Å². The summed E-state index contributed by atoms with van der Waals surface area (Å²) in [6.07, 6.45) is -3.70. The highest BCUT2D eigenvalue weighted by atomic mass is 19.4. The highest BCUT2D eigenvalue weighted by Crippen LogP contribution is 2.29. The Hall–Kier alpha value is -2.09. The van der Waals surface area contributed by atoms with Crippen molar-refractivity contribution in [1.29, 1.82) is 0 Å². The van der Waals surface area contributed by atoms with Gasteiger partial charge in [-0.3, -0.25) is 9.59 Å². The minimum Gasteiger partial charge on any atom is -0.338 e. The molecule has 5 nitrogen and oxygen atoms in total. The molecule has 8 heteroatoms. The number of carbonyl (C=O) groups is 2. The van der Waals surface area contributed by atoms with E-state index < -0.39 is 23.7 Å². The second-order valence-electron chi connectivity index (χ2n) is 6.61. The quantitative estimate of drug-likeness (QED) is 0.884. The standard InChI is InChI=1S/C18H24F3N3O2/c1-3-12(2)15(22)17(26)24-9-7-23(8-10-24)16(25)13-5-4-6-14(11-13)18(19,20)21/h4-6,11-12,15H,3,7-10,22H2,1-2H3. The summed E-state index contributed by atoms with van der Waals surface area (Å²) in [5.41, 5.74) is 5.11. The molecule has 1 aromatic carbocycles. The molecule has 0 spiro atoms. The molecule has 1 aromatic rings. The lowest BCUT2D eigenvalue weighted by atomic mass is 9.98. The van der Waals surface area contributed by atoms with E-state index in [9.17, 15) is 22.8 Å². The number of nitrogens with zero attached hydrogens (tertiary/aromatic N) is 2. The molecule has 0 saturated carbocycles. The van der Waals surface area contributed by atoms with Crippen LogP contribution < -0.4 is 5.73 Å². The summed E-state index contributed by atoms with van der Waals surface area (Å²) in [4.78, 5) is 27.9. The van der Waals surface area contributed by atoms with Crippen LogP contribution in [0.4, 0.5) is 13.2 Å². The Bertz CT molecular complexity index is 655. The molecule has 1 saturated heterocycles. The predicted octanol–water partition coefficient (Wildman–Crippen LogP) is 2.36. The topological polar surface area (TPSA) is 66.6 Å². The van der Waals surface area contributed by atoms with Crippen LogP contribution in [0.3, 0.4) is 0 Å². The largest absolute Gasteiger partial charge is 0.416 e. The number of carbonyl (C=O) groups excluding carboxylic acids is 2. The van der Waals surface area contributed by atoms with Gasteiger partial charge in [-0.15, -0.1) is 0 Å². The van der Waals surface area contributed by atoms with Crippen LogP contribution in [0.25, 0.3) is 0 Å². The summed E-state index contributed by atoms with van der Waals surface area (Å²) < 4.78 is 38.4. The maximum Gasteiger partial charge on any atom is 0.416 e. The monoisotopic (exact) mass is 371 g/mol. The second-order valence-corrected chi connectivity index (χ2v) is 6.61. The van der Waals surface area contributed by atoms with Gasteiger partial charge in [0.1, 0.15) is 0 Å². The molecule has 144 valence electrons. The van der Waals surface area contributed by atoms with Gasteiger partial charge in [0.25, 0.3) is 5.91 Å². The molecule has 0 radical (unpaired) electrons. The van der Waals surface area contributed by atoms with E-state index in [1.54, 1.807) is 4.90 Å². The van der Waals surface area contributed by atoms with E-state index in [1.165, 1.54) is 17.0 Å². The van der Waals surface area contributed by atoms with E-state index in [-0.39, 0.29) is 30.5 Å². The summed E-state index contributed by atoms with van der Waals surface area (Å²) in [6.45, 7) is 5.07. The van der Waals surface area contributed by atoms with Crippen molar-refractivity contribution in [1.82, 2.24) is 9.80 Å². The van der Waals surface area contributed by atoms with Gasteiger partial charge in [0.15, 0.2) is 0 Å². The van der Waals surface area contributed by atoms with Crippen LogP contribution in [-0.2, 0) is 11.0 Å². The van der Waals surface area contributed by atoms with Crippen LogP contribution in [0.15, 0.2) is 24.3 Å². The number of benzene rings is 1. The highest BCUT2D eigenvalue weighted by molar-refractivity contribution is 5.94. The first-order valence-electron chi connectivity index (χ1n) is 8.66. The number of rotatable bonds is 4. The average Bonchev–Trinajstić information content (AvgIpc) is 2.65. The minimum absolute atomic E-state index is 0.00379. The summed E-state index contributed by atoms with van der Waals surface area (Å²) >= 11 is 0. The minimum atomic E-state index is -4.49. The molecule has 2 atom stereocenters. The summed E-state index contributed by atoms with van der Waals surface area (Å²) in [6, 6.07) is 3.81. The molecule has 2 unspecified atom stereocenters. The van der Waals surface area contributed by atoms with Gasteiger partial charge in [-0.05, 0) is 24.1 Å². The zero-order valence-corrected chi connectivity index (χ0v) is 14.9. The van der Waals surface area contributed by atoms with Crippen molar-refractivity contribution >= 4 is 11.8 Å². The summed E-state index contributed by atoms with van der Waals surface area (Å²) in [5, 5.41) is 0. The molecule has 2 N–H and O–H groups in total. The molecule has 1 fully saturated rings. The third-order valence-electron chi connectivity index (χ3n) is 4.86. The summed E-state index contributed by atoms with van der Waals surface area (Å²) in [7, 11) is 0. The molecular weight excluding hydrogens is 347 g/mol. The molecular formula is C18H24F3N3O2. The Labute approximate surface area is 150 Å². The van der Waals surface area contributed by atoms with Gasteiger partial charge in [0.2, 0.25) is 5.91 Å². The van der Waals surface area contributed by atoms with Crippen molar-refractivity contribution in [3.8, 4) is 0 Å². The molecule has 0 aromatic heterocycles. The number of hydrogen-bond donors (Lipinski definition) is 1. The van der Waals surface area contributed by atoms with Gasteiger partial charge < -0.3 is 15.5 Å². The first-order chi connectivity index (χ1) is 12.1. The van der Waals surface area contributed by atoms with Crippen molar-refractivity contribution in [2.75, 3.05) is 26.2 Å². The Morgan fingerprint density at radius 1 is 1.15 bits per heavy atom. The molecule has 0 bridgehead atoms. The average molecular weight is 371 g/mol. The normalized spacial score (nSPS) is 17.8. The van der Waals surface area contributed by atoms with Gasteiger partial charge in [0, 0.05) is 31.7 Å². The fraction of sp³-hybridized carbons (Fsp3) is 0.556. The van der Waals surface area contributed by atoms with Crippen molar-refractivity contribution in [3.63, 3.8) is 0 Å². The number of piperazine rings is 1. The Balaban J connectivity index is 2.00. The molecule has 2 rings (SSSR count). The van der Waals surface area contributed by atoms with Gasteiger partial charge in [0.05, 0.1) is 11.6 Å². The third kappa shape index (κ3) is 4.55. The maximum atomic E-state index is 12.8. The Morgan fingerprint density at radius 2 is 1.73 bits per heavy atom. The van der Waals surface area contributed by atoms with Crippen LogP contribution in [-0.4, -0.2) is 53.8 Å². The van der Waals surface area contributed by atoms with Crippen LogP contribution in [0, 0.1) is 5.92 Å². The Kier molecular flexibility index (Phi) is 6.28. The van der Waals surface area contributed by atoms with Gasteiger partial charge in [-0.25, -0.2) is 0 Å². The number of amides is 2. The number of nitrogens with two attached hydrogens (primary N) is 1. The third-order valence-corrected chi connectivity index (χ3v) is 4.86. The van der Waals surface area contributed by atoms with Crippen molar-refractivity contribution in [2.24, 2.45) is 11.7 Å². The van der Waals surface area contributed by atoms with Crippen LogP contribution in [0.2, 0.25) is 0 Å². The number of hydrogen-bond acceptors (Lipinski definition) is 3. The number of alkyl halides is 3. The lowest BCUT2D eigenvalue weighted by molar-refractivity contribution is -0.137. The van der Waals surface area contributed by atoms with Gasteiger partial charge in [-0.1, -0.05) is 26.3 Å². The van der Waals surface area contributed by atoms with E-state index >= 15 is 0 Å². The van der Waals surface area contributed by atoms with Crippen LogP contribution in [0.5, 0.6) is 0 Å². The SMILES string of the molecule is CCC(C)C(N)C(=O)N1CCN(C(=O)c2cccc(C(F)(F)F)c2)CC1. The van der Waals surface area contributed by atoms with E-state index in [1.807, 2.05) is 13.8 Å². The van der Waals surface area contributed by atoms with Gasteiger partial charge >= 0.3 is 6.18 Å². The number of halogens is 3.